The van der Waals surface area contributed by atoms with E-state index in [2.05, 4.69) is 10.3 Å². The molecule has 0 fully saturated rings. The topological polar surface area (TPSA) is 41.1 Å². The number of rotatable bonds is 4. The van der Waals surface area contributed by atoms with Gasteiger partial charge >= 0.3 is 0 Å². The molecular formula is C13H10ClFN2OS. The predicted molar refractivity (Wildman–Crippen MR) is 74.3 cm³/mol. The molecule has 2 rings (SSSR count). The van der Waals surface area contributed by atoms with Crippen molar-refractivity contribution < 1.29 is 9.18 Å². The van der Waals surface area contributed by atoms with Gasteiger partial charge in [-0.15, -0.1) is 0 Å². The Morgan fingerprint density at radius 3 is 2.58 bits per heavy atom. The first-order valence-corrected chi connectivity index (χ1v) is 6.59. The highest BCUT2D eigenvalue weighted by atomic mass is 35.5. The summed E-state index contributed by atoms with van der Waals surface area (Å²) in [6.45, 7) is 0. The Morgan fingerprint density at radius 2 is 1.84 bits per heavy atom. The number of hydrazine groups is 1. The maximum absolute atomic E-state index is 13.6. The zero-order chi connectivity index (χ0) is 13.7. The fraction of sp³-hybridized carbons (Fsp3) is 0. The van der Waals surface area contributed by atoms with Crippen LogP contribution in [0.4, 0.5) is 4.39 Å². The van der Waals surface area contributed by atoms with Crippen LogP contribution < -0.4 is 10.3 Å². The molecule has 3 nitrogen and oxygen atoms in total. The number of carbonyl (C=O) groups is 1. The molecule has 0 unspecified atom stereocenters. The second-order valence-corrected chi connectivity index (χ2v) is 4.86. The van der Waals surface area contributed by atoms with Gasteiger partial charge in [-0.1, -0.05) is 35.9 Å². The minimum absolute atomic E-state index is 0.0802. The second kappa shape index (κ2) is 6.56. The lowest BCUT2D eigenvalue weighted by molar-refractivity contribution is 0.0943. The molecule has 0 heterocycles. The highest BCUT2D eigenvalue weighted by molar-refractivity contribution is 7.97. The van der Waals surface area contributed by atoms with Crippen molar-refractivity contribution in [3.05, 3.63) is 64.9 Å². The molecule has 2 aromatic carbocycles. The quantitative estimate of drug-likeness (QED) is 0.671. The standard InChI is InChI=1S/C13H10ClFN2OS/c14-11-8-4-7-10(12(11)15)13(18)16-17-19-9-5-2-1-3-6-9/h1-8,17H,(H,16,18). The minimum Gasteiger partial charge on any atom is -0.277 e. The van der Waals surface area contributed by atoms with Crippen molar-refractivity contribution in [1.82, 2.24) is 10.3 Å². The van der Waals surface area contributed by atoms with E-state index in [0.717, 1.165) is 4.90 Å². The fourth-order valence-corrected chi connectivity index (χ4v) is 2.10. The van der Waals surface area contributed by atoms with Gasteiger partial charge in [0.1, 0.15) is 0 Å². The number of halogens is 2. The molecule has 0 spiro atoms. The first-order valence-electron chi connectivity index (χ1n) is 5.40. The Bertz CT molecular complexity index is 580. The summed E-state index contributed by atoms with van der Waals surface area (Å²) in [5, 5.41) is -0.0802. The van der Waals surface area contributed by atoms with Crippen LogP contribution in [0, 0.1) is 5.82 Å². The Morgan fingerprint density at radius 1 is 1.11 bits per heavy atom. The molecule has 0 saturated carbocycles. The highest BCUT2D eigenvalue weighted by Crippen LogP contribution is 2.18. The van der Waals surface area contributed by atoms with Crippen LogP contribution >= 0.6 is 23.5 Å². The van der Waals surface area contributed by atoms with Crippen LogP contribution in [0.3, 0.4) is 0 Å². The normalized spacial score (nSPS) is 10.2. The number of amides is 1. The van der Waals surface area contributed by atoms with E-state index in [1.807, 2.05) is 30.3 Å². The largest absolute Gasteiger partial charge is 0.277 e. The summed E-state index contributed by atoms with van der Waals surface area (Å²) in [4.78, 5) is 15.3. The lowest BCUT2D eigenvalue weighted by atomic mass is 10.2. The van der Waals surface area contributed by atoms with Crippen molar-refractivity contribution in [2.24, 2.45) is 0 Å². The fourth-order valence-electron chi connectivity index (χ4n) is 1.37. The van der Waals surface area contributed by atoms with E-state index in [0.29, 0.717) is 0 Å². The first-order chi connectivity index (χ1) is 9.18. The van der Waals surface area contributed by atoms with Crippen molar-refractivity contribution in [3.63, 3.8) is 0 Å². The molecule has 0 aliphatic carbocycles. The number of hydrogen-bond donors (Lipinski definition) is 2. The van der Waals surface area contributed by atoms with Crippen LogP contribution in [0.5, 0.6) is 0 Å². The zero-order valence-corrected chi connectivity index (χ0v) is 11.3. The summed E-state index contributed by atoms with van der Waals surface area (Å²) in [6.07, 6.45) is 0. The van der Waals surface area contributed by atoms with Crippen LogP contribution in [0.1, 0.15) is 10.4 Å². The van der Waals surface area contributed by atoms with Gasteiger partial charge in [0.15, 0.2) is 5.82 Å². The van der Waals surface area contributed by atoms with Crippen LogP contribution in [0.2, 0.25) is 5.02 Å². The van der Waals surface area contributed by atoms with E-state index in [1.165, 1.54) is 30.1 Å². The third-order valence-corrected chi connectivity index (χ3v) is 3.28. The molecule has 0 radical (unpaired) electrons. The Hall–Kier alpha value is -1.56. The molecular weight excluding hydrogens is 287 g/mol. The van der Waals surface area contributed by atoms with Crippen molar-refractivity contribution in [2.75, 3.05) is 0 Å². The monoisotopic (exact) mass is 296 g/mol. The van der Waals surface area contributed by atoms with Gasteiger partial charge in [-0.2, -0.15) is 4.83 Å². The third kappa shape index (κ3) is 3.70. The molecule has 1 amide bonds. The second-order valence-electron chi connectivity index (χ2n) is 3.57. The third-order valence-electron chi connectivity index (χ3n) is 2.27. The van der Waals surface area contributed by atoms with Crippen LogP contribution in [-0.2, 0) is 0 Å². The van der Waals surface area contributed by atoms with Crippen molar-refractivity contribution >= 4 is 29.5 Å². The van der Waals surface area contributed by atoms with E-state index in [9.17, 15) is 9.18 Å². The summed E-state index contributed by atoms with van der Waals surface area (Å²) in [5.74, 6) is -1.31. The minimum atomic E-state index is -0.729. The molecule has 0 aliphatic rings. The number of hydrogen-bond acceptors (Lipinski definition) is 3. The average molecular weight is 297 g/mol. The van der Waals surface area contributed by atoms with E-state index in [4.69, 9.17) is 11.6 Å². The van der Waals surface area contributed by atoms with Gasteiger partial charge in [-0.25, -0.2) is 4.39 Å². The zero-order valence-electron chi connectivity index (χ0n) is 9.69. The van der Waals surface area contributed by atoms with Gasteiger partial charge < -0.3 is 0 Å². The molecule has 0 aromatic heterocycles. The average Bonchev–Trinajstić information content (AvgIpc) is 2.43. The van der Waals surface area contributed by atoms with Gasteiger partial charge in [-0.05, 0) is 36.2 Å². The molecule has 2 aromatic rings. The van der Waals surface area contributed by atoms with E-state index in [1.54, 1.807) is 0 Å². The van der Waals surface area contributed by atoms with Crippen molar-refractivity contribution in [1.29, 1.82) is 0 Å². The maximum Gasteiger partial charge on any atom is 0.269 e. The van der Waals surface area contributed by atoms with Gasteiger partial charge in [-0.3, -0.25) is 10.2 Å². The van der Waals surface area contributed by atoms with E-state index >= 15 is 0 Å². The summed E-state index contributed by atoms with van der Waals surface area (Å²) < 4.78 is 13.6. The molecule has 98 valence electrons. The summed E-state index contributed by atoms with van der Waals surface area (Å²) in [6, 6.07) is 13.7. The lowest BCUT2D eigenvalue weighted by Crippen LogP contribution is -2.33. The highest BCUT2D eigenvalue weighted by Gasteiger charge is 2.13. The summed E-state index contributed by atoms with van der Waals surface area (Å²) in [5.41, 5.74) is 2.29. The summed E-state index contributed by atoms with van der Waals surface area (Å²) >= 11 is 6.82. The number of carbonyl (C=O) groups excluding carboxylic acids is 1. The van der Waals surface area contributed by atoms with Crippen LogP contribution in [-0.4, -0.2) is 5.91 Å². The molecule has 0 atom stereocenters. The maximum atomic E-state index is 13.6. The molecule has 0 bridgehead atoms. The van der Waals surface area contributed by atoms with Crippen LogP contribution in [0.15, 0.2) is 53.4 Å². The number of nitrogens with one attached hydrogen (secondary N) is 2. The molecule has 19 heavy (non-hydrogen) atoms. The summed E-state index contributed by atoms with van der Waals surface area (Å²) in [7, 11) is 0. The molecule has 2 N–H and O–H groups in total. The molecule has 6 heteroatoms. The Labute approximate surface area is 119 Å². The van der Waals surface area contributed by atoms with Crippen molar-refractivity contribution in [2.45, 2.75) is 4.90 Å². The Balaban J connectivity index is 1.93. The Kier molecular flexibility index (Phi) is 4.79. The smallest absolute Gasteiger partial charge is 0.269 e. The molecule has 0 saturated heterocycles. The van der Waals surface area contributed by atoms with Gasteiger partial charge in [0.2, 0.25) is 0 Å². The lowest BCUT2D eigenvalue weighted by Gasteiger charge is -2.07. The first kappa shape index (κ1) is 13.9. The SMILES string of the molecule is O=C(NNSc1ccccc1)c1cccc(Cl)c1F. The van der Waals surface area contributed by atoms with Gasteiger partial charge in [0.05, 0.1) is 10.6 Å². The molecule has 0 aliphatic heterocycles. The van der Waals surface area contributed by atoms with E-state index < -0.39 is 11.7 Å². The van der Waals surface area contributed by atoms with Gasteiger partial charge in [0, 0.05) is 4.90 Å². The van der Waals surface area contributed by atoms with Crippen LogP contribution in [0.25, 0.3) is 0 Å². The van der Waals surface area contributed by atoms with Gasteiger partial charge in [0.25, 0.3) is 5.91 Å². The van der Waals surface area contributed by atoms with E-state index in [-0.39, 0.29) is 10.6 Å². The predicted octanol–water partition coefficient (Wildman–Crippen LogP) is 3.42. The number of benzene rings is 2. The van der Waals surface area contributed by atoms with Crippen molar-refractivity contribution in [3.8, 4) is 0 Å².